The number of rotatable bonds is 4. The molecule has 0 spiro atoms. The van der Waals surface area contributed by atoms with Gasteiger partial charge in [0.2, 0.25) is 6.33 Å². The van der Waals surface area contributed by atoms with E-state index in [1.54, 1.807) is 0 Å². The lowest BCUT2D eigenvalue weighted by atomic mass is 10.0. The summed E-state index contributed by atoms with van der Waals surface area (Å²) in [5.41, 5.74) is 10.8. The summed E-state index contributed by atoms with van der Waals surface area (Å²) in [5, 5.41) is 6.50. The molecule has 0 aliphatic rings. The van der Waals surface area contributed by atoms with Crippen molar-refractivity contribution in [1.29, 1.82) is 0 Å². The van der Waals surface area contributed by atoms with Crippen molar-refractivity contribution in [3.63, 3.8) is 0 Å². The minimum atomic E-state index is 0.672. The fourth-order valence-electron chi connectivity index (χ4n) is 8.17. The lowest BCUT2D eigenvalue weighted by Gasteiger charge is -2.10. The van der Waals surface area contributed by atoms with E-state index in [4.69, 9.17) is 18.6 Å². The molecular weight excluding hydrogens is 620 g/mol. The van der Waals surface area contributed by atoms with E-state index >= 15 is 0 Å². The van der Waals surface area contributed by atoms with Gasteiger partial charge in [-0.25, -0.2) is 4.98 Å². The van der Waals surface area contributed by atoms with Crippen LogP contribution in [0.25, 0.3) is 99.2 Å². The Hall–Kier alpha value is -6.86. The Morgan fingerprint density at radius 1 is 0.600 bits per heavy atom. The average Bonchev–Trinajstić information content (AvgIpc) is 3.88. The van der Waals surface area contributed by atoms with Gasteiger partial charge >= 0.3 is 0 Å². The summed E-state index contributed by atoms with van der Waals surface area (Å²) in [6.45, 7) is 0. The molecule has 0 bridgehead atoms. The van der Waals surface area contributed by atoms with Crippen LogP contribution in [0.1, 0.15) is 0 Å². The summed E-state index contributed by atoms with van der Waals surface area (Å²) in [4.78, 5) is 4.75. The molecule has 0 N–H and O–H groups in total. The minimum Gasteiger partial charge on any atom is -0.458 e. The van der Waals surface area contributed by atoms with Crippen molar-refractivity contribution < 1.29 is 18.1 Å². The van der Waals surface area contributed by atoms with Gasteiger partial charge in [-0.05, 0) is 71.8 Å². The second-order valence-corrected chi connectivity index (χ2v) is 13.0. The van der Waals surface area contributed by atoms with Crippen LogP contribution in [0.2, 0.25) is 0 Å². The monoisotopic (exact) mass is 644 g/mol. The molecule has 7 heteroatoms. The van der Waals surface area contributed by atoms with Gasteiger partial charge in [-0.3, -0.25) is 4.57 Å². The van der Waals surface area contributed by atoms with Gasteiger partial charge in [0.15, 0.2) is 0 Å². The van der Waals surface area contributed by atoms with Crippen LogP contribution in [0.4, 0.5) is 0 Å². The largest absolute Gasteiger partial charge is 0.458 e. The lowest BCUT2D eigenvalue weighted by molar-refractivity contribution is -0.649. The van der Waals surface area contributed by atoms with E-state index in [1.165, 1.54) is 11.1 Å². The van der Waals surface area contributed by atoms with E-state index in [-0.39, 0.29) is 0 Å². The summed E-state index contributed by atoms with van der Waals surface area (Å²) >= 11 is 0. The van der Waals surface area contributed by atoms with E-state index in [1.807, 2.05) is 72.4 Å². The van der Waals surface area contributed by atoms with Crippen LogP contribution in [0, 0.1) is 6.33 Å². The van der Waals surface area contributed by atoms with Gasteiger partial charge in [0.1, 0.15) is 39.6 Å². The number of benzene rings is 6. The molecule has 0 aliphatic heterocycles. The van der Waals surface area contributed by atoms with Crippen LogP contribution in [-0.2, 0) is 7.05 Å². The molecule has 234 valence electrons. The Bertz CT molecular complexity index is 3290. The Labute approximate surface area is 283 Å². The van der Waals surface area contributed by atoms with Gasteiger partial charge in [0.25, 0.3) is 0 Å². The standard InChI is InChI=1S/C43H24N4O3/c1-45-23-46-33-21-27(22-37-39(33)40-34(50-37)16-17-35-41(40)42-36(49-35)15-14-31(45)43(42)46)48-26-11-12-28-29-19-25(24-7-3-2-4-8-24)10-13-30(29)47(32(28)20-26)38-9-5-6-18-44-38/h2-22H,1H3. The second kappa shape index (κ2) is 9.18. The number of aryl methyl sites for hydroxylation is 1. The smallest absolute Gasteiger partial charge is 0.244 e. The number of ether oxygens (including phenoxy) is 1. The van der Waals surface area contributed by atoms with Crippen molar-refractivity contribution >= 4 is 82.2 Å². The van der Waals surface area contributed by atoms with Crippen molar-refractivity contribution in [3.05, 3.63) is 134 Å². The van der Waals surface area contributed by atoms with E-state index in [9.17, 15) is 0 Å². The van der Waals surface area contributed by atoms with Gasteiger partial charge in [-0.15, -0.1) is 0 Å². The first-order chi connectivity index (χ1) is 24.7. The quantitative estimate of drug-likeness (QED) is 0.141. The highest BCUT2D eigenvalue weighted by atomic mass is 16.5. The maximum atomic E-state index is 6.75. The van der Waals surface area contributed by atoms with Crippen molar-refractivity contribution in [2.45, 2.75) is 0 Å². The fraction of sp³-hybridized carbons (Fsp3) is 0.0233. The summed E-state index contributed by atoms with van der Waals surface area (Å²) in [7, 11) is 2.02. The normalized spacial score (nSPS) is 12.5. The number of fused-ring (bicyclic) bond motifs is 4. The molecule has 0 saturated heterocycles. The number of nitrogens with zero attached hydrogens (tertiary/aromatic N) is 4. The third-order valence-electron chi connectivity index (χ3n) is 10.3. The number of hydrogen-bond donors (Lipinski definition) is 0. The first kappa shape index (κ1) is 26.1. The van der Waals surface area contributed by atoms with E-state index in [0.29, 0.717) is 11.5 Å². The minimum absolute atomic E-state index is 0.672. The van der Waals surface area contributed by atoms with Gasteiger partial charge in [-0.2, -0.15) is 0 Å². The summed E-state index contributed by atoms with van der Waals surface area (Å²) in [5.74, 6) is 2.23. The van der Waals surface area contributed by atoms with Crippen LogP contribution in [0.3, 0.4) is 0 Å². The molecule has 6 aromatic carbocycles. The Morgan fingerprint density at radius 2 is 1.38 bits per heavy atom. The average molecular weight is 645 g/mol. The predicted molar refractivity (Wildman–Crippen MR) is 196 cm³/mol. The Balaban J connectivity index is 1.09. The van der Waals surface area contributed by atoms with Crippen LogP contribution in [0.15, 0.2) is 136 Å². The third kappa shape index (κ3) is 3.33. The first-order valence-electron chi connectivity index (χ1n) is 16.6. The van der Waals surface area contributed by atoms with Crippen molar-refractivity contribution in [2.24, 2.45) is 7.05 Å². The highest BCUT2D eigenvalue weighted by molar-refractivity contribution is 6.33. The van der Waals surface area contributed by atoms with Crippen LogP contribution < -0.4 is 9.30 Å². The van der Waals surface area contributed by atoms with Crippen molar-refractivity contribution in [3.8, 4) is 28.4 Å². The Morgan fingerprint density at radius 3 is 2.24 bits per heavy atom. The summed E-state index contributed by atoms with van der Waals surface area (Å²) < 4.78 is 26.0. The molecule has 0 amide bonds. The molecule has 50 heavy (non-hydrogen) atoms. The lowest BCUT2D eigenvalue weighted by Crippen LogP contribution is -2.25. The van der Waals surface area contributed by atoms with Gasteiger partial charge in [0.05, 0.1) is 34.6 Å². The van der Waals surface area contributed by atoms with Crippen LogP contribution >= 0.6 is 0 Å². The molecular formula is C43H24N4O3. The number of imidazole rings is 1. The highest BCUT2D eigenvalue weighted by Gasteiger charge is 2.24. The van der Waals surface area contributed by atoms with Crippen molar-refractivity contribution in [2.75, 3.05) is 0 Å². The van der Waals surface area contributed by atoms with Crippen molar-refractivity contribution in [1.82, 2.24) is 14.0 Å². The number of pyridine rings is 1. The fourth-order valence-corrected chi connectivity index (χ4v) is 8.17. The molecule has 6 heterocycles. The van der Waals surface area contributed by atoms with Crippen LogP contribution in [-0.4, -0.2) is 14.0 Å². The molecule has 7 nitrogen and oxygen atoms in total. The number of aromatic nitrogens is 4. The highest BCUT2D eigenvalue weighted by Crippen LogP contribution is 2.46. The predicted octanol–water partition coefficient (Wildman–Crippen LogP) is 10.3. The molecule has 0 radical (unpaired) electrons. The maximum Gasteiger partial charge on any atom is 0.244 e. The van der Waals surface area contributed by atoms with Gasteiger partial charge in [-0.1, -0.05) is 48.5 Å². The van der Waals surface area contributed by atoms with E-state index in [0.717, 1.165) is 88.1 Å². The maximum absolute atomic E-state index is 6.75. The number of furan rings is 2. The molecule has 6 aromatic heterocycles. The molecule has 0 fully saturated rings. The van der Waals surface area contributed by atoms with E-state index in [2.05, 4.69) is 82.0 Å². The van der Waals surface area contributed by atoms with Gasteiger partial charge in [0, 0.05) is 50.6 Å². The Kier molecular flexibility index (Phi) is 4.80. The second-order valence-electron chi connectivity index (χ2n) is 13.0. The summed E-state index contributed by atoms with van der Waals surface area (Å²) in [6.07, 6.45) is 5.39. The number of hydrogen-bond acceptors (Lipinski definition) is 4. The third-order valence-corrected chi connectivity index (χ3v) is 10.3. The van der Waals surface area contributed by atoms with Crippen LogP contribution in [0.5, 0.6) is 11.5 Å². The molecule has 12 rings (SSSR count). The summed E-state index contributed by atoms with van der Waals surface area (Å²) in [6, 6.07) is 41.7. The zero-order chi connectivity index (χ0) is 32.7. The van der Waals surface area contributed by atoms with E-state index < -0.39 is 0 Å². The molecule has 0 unspecified atom stereocenters. The molecule has 12 aromatic rings. The molecule has 0 saturated carbocycles. The topological polar surface area (TPSA) is 61.6 Å². The molecule has 0 atom stereocenters. The first-order valence-corrected chi connectivity index (χ1v) is 16.6. The zero-order valence-corrected chi connectivity index (χ0v) is 26.6. The SMILES string of the molecule is C[n+]1[c-]n2c3cc(Oc4ccc5c6cc(-c7ccccc7)ccc6n(-c6ccccn6)c5c4)cc4oc5ccc6oc7ccc1c2c7c6c5c43. The van der Waals surface area contributed by atoms with Gasteiger partial charge < -0.3 is 22.5 Å². The molecule has 0 aliphatic carbocycles. The zero-order valence-electron chi connectivity index (χ0n) is 26.6.